The van der Waals surface area contributed by atoms with Gasteiger partial charge >= 0.3 is 5.97 Å². The summed E-state index contributed by atoms with van der Waals surface area (Å²) in [7, 11) is 0. The number of carboxylic acid groups (broad SMARTS) is 1. The molecule has 3 rings (SSSR count). The van der Waals surface area contributed by atoms with Crippen LogP contribution < -0.4 is 0 Å². The Labute approximate surface area is 112 Å². The van der Waals surface area contributed by atoms with Crippen molar-refractivity contribution in [1.29, 1.82) is 0 Å². The Balaban J connectivity index is 1.72. The molecule has 96 valence electrons. The third-order valence-electron chi connectivity index (χ3n) is 2.59. The summed E-state index contributed by atoms with van der Waals surface area (Å²) >= 11 is 1.47. The summed E-state index contributed by atoms with van der Waals surface area (Å²) in [6.45, 7) is 0. The van der Waals surface area contributed by atoms with Gasteiger partial charge in [0.15, 0.2) is 5.16 Å². The molecule has 0 aliphatic heterocycles. The van der Waals surface area contributed by atoms with Crippen molar-refractivity contribution in [3.63, 3.8) is 0 Å². The van der Waals surface area contributed by atoms with E-state index in [0.717, 1.165) is 16.2 Å². The highest BCUT2D eigenvalue weighted by Gasteiger charge is 2.10. The molecular weight excluding hydrogens is 264 g/mol. The molecule has 6 heteroatoms. The van der Waals surface area contributed by atoms with E-state index >= 15 is 0 Å². The summed E-state index contributed by atoms with van der Waals surface area (Å²) in [6.07, 6.45) is 0. The fraction of sp³-hybridized carbons (Fsp3) is 0.0769. The standard InChI is InChI=1S/C13H10N2O3S/c16-12(17)11-6-5-8(18-11)7-19-13-14-9-3-1-2-4-10(9)15-13/h1-6H,7H2,(H,14,15)(H,16,17). The van der Waals surface area contributed by atoms with Gasteiger partial charge in [0.2, 0.25) is 5.76 Å². The van der Waals surface area contributed by atoms with Crippen LogP contribution >= 0.6 is 11.8 Å². The molecule has 0 unspecified atom stereocenters. The third-order valence-corrected chi connectivity index (χ3v) is 3.49. The number of hydrogen-bond acceptors (Lipinski definition) is 4. The maximum Gasteiger partial charge on any atom is 0.371 e. The summed E-state index contributed by atoms with van der Waals surface area (Å²) in [5, 5.41) is 9.55. The van der Waals surface area contributed by atoms with Crippen molar-refractivity contribution in [2.75, 3.05) is 0 Å². The van der Waals surface area contributed by atoms with Gasteiger partial charge in [-0.25, -0.2) is 9.78 Å². The minimum Gasteiger partial charge on any atom is -0.475 e. The number of H-pyrrole nitrogens is 1. The second-order valence-corrected chi connectivity index (χ2v) is 4.88. The third kappa shape index (κ3) is 2.48. The number of carbonyl (C=O) groups is 1. The van der Waals surface area contributed by atoms with Crippen LogP contribution in [0.4, 0.5) is 0 Å². The molecule has 0 radical (unpaired) electrons. The first-order valence-electron chi connectivity index (χ1n) is 5.62. The van der Waals surface area contributed by atoms with Crippen LogP contribution in [0, 0.1) is 0 Å². The molecule has 0 amide bonds. The van der Waals surface area contributed by atoms with Gasteiger partial charge in [-0.1, -0.05) is 23.9 Å². The van der Waals surface area contributed by atoms with E-state index in [1.807, 2.05) is 24.3 Å². The molecule has 0 aliphatic carbocycles. The highest BCUT2D eigenvalue weighted by molar-refractivity contribution is 7.98. The zero-order valence-corrected chi connectivity index (χ0v) is 10.6. The molecule has 0 saturated carbocycles. The first-order valence-corrected chi connectivity index (χ1v) is 6.60. The van der Waals surface area contributed by atoms with Gasteiger partial charge in [-0.15, -0.1) is 0 Å². The summed E-state index contributed by atoms with van der Waals surface area (Å²) < 4.78 is 5.18. The van der Waals surface area contributed by atoms with E-state index in [9.17, 15) is 4.79 Å². The van der Waals surface area contributed by atoms with Gasteiger partial charge < -0.3 is 14.5 Å². The Hall–Kier alpha value is -2.21. The van der Waals surface area contributed by atoms with Crippen LogP contribution in [0.2, 0.25) is 0 Å². The molecule has 3 aromatic rings. The zero-order valence-electron chi connectivity index (χ0n) is 9.79. The number of furan rings is 1. The largest absolute Gasteiger partial charge is 0.475 e. The van der Waals surface area contributed by atoms with Gasteiger partial charge in [-0.2, -0.15) is 0 Å². The first-order chi connectivity index (χ1) is 9.22. The predicted molar refractivity (Wildman–Crippen MR) is 71.3 cm³/mol. The van der Waals surface area contributed by atoms with Crippen LogP contribution in [0.3, 0.4) is 0 Å². The lowest BCUT2D eigenvalue weighted by Crippen LogP contribution is -1.91. The number of thioether (sulfide) groups is 1. The van der Waals surface area contributed by atoms with Gasteiger partial charge in [0.25, 0.3) is 0 Å². The lowest BCUT2D eigenvalue weighted by Gasteiger charge is -1.93. The van der Waals surface area contributed by atoms with Crippen molar-refractivity contribution in [1.82, 2.24) is 9.97 Å². The second-order valence-electron chi connectivity index (χ2n) is 3.92. The highest BCUT2D eigenvalue weighted by Crippen LogP contribution is 2.23. The molecule has 5 nitrogen and oxygen atoms in total. The minimum atomic E-state index is -1.06. The Morgan fingerprint density at radius 3 is 2.89 bits per heavy atom. The molecule has 2 heterocycles. The van der Waals surface area contributed by atoms with Crippen LogP contribution in [-0.4, -0.2) is 21.0 Å². The van der Waals surface area contributed by atoms with Crippen molar-refractivity contribution in [3.8, 4) is 0 Å². The Bertz CT molecular complexity index is 699. The predicted octanol–water partition coefficient (Wildman–Crippen LogP) is 3.15. The molecule has 19 heavy (non-hydrogen) atoms. The van der Waals surface area contributed by atoms with E-state index in [1.165, 1.54) is 17.8 Å². The van der Waals surface area contributed by atoms with Crippen LogP contribution in [0.1, 0.15) is 16.3 Å². The quantitative estimate of drug-likeness (QED) is 0.714. The van der Waals surface area contributed by atoms with Crippen molar-refractivity contribution in [3.05, 3.63) is 47.9 Å². The molecule has 0 spiro atoms. The lowest BCUT2D eigenvalue weighted by molar-refractivity contribution is 0.0661. The average molecular weight is 274 g/mol. The summed E-state index contributed by atoms with van der Waals surface area (Å²) in [4.78, 5) is 18.3. The molecule has 0 fully saturated rings. The zero-order chi connectivity index (χ0) is 13.2. The average Bonchev–Trinajstić information content (AvgIpc) is 3.02. The van der Waals surface area contributed by atoms with Crippen LogP contribution in [-0.2, 0) is 5.75 Å². The fourth-order valence-corrected chi connectivity index (χ4v) is 2.49. The summed E-state index contributed by atoms with van der Waals surface area (Å²) in [6, 6.07) is 10.9. The SMILES string of the molecule is O=C(O)c1ccc(CSc2nc3ccccc3[nH]2)o1. The number of fused-ring (bicyclic) bond motifs is 1. The van der Waals surface area contributed by atoms with Crippen molar-refractivity contribution < 1.29 is 14.3 Å². The molecule has 2 aromatic heterocycles. The van der Waals surface area contributed by atoms with Crippen molar-refractivity contribution in [2.24, 2.45) is 0 Å². The number of imidazole rings is 1. The van der Waals surface area contributed by atoms with E-state index in [1.54, 1.807) is 6.07 Å². The van der Waals surface area contributed by atoms with E-state index in [2.05, 4.69) is 9.97 Å². The molecule has 1 aromatic carbocycles. The van der Waals surface area contributed by atoms with Gasteiger partial charge in [-0.3, -0.25) is 0 Å². The van der Waals surface area contributed by atoms with Gasteiger partial charge in [0.05, 0.1) is 16.8 Å². The Kier molecular flexibility index (Phi) is 3.00. The normalized spacial score (nSPS) is 10.9. The number of nitrogens with one attached hydrogen (secondary N) is 1. The lowest BCUT2D eigenvalue weighted by atomic mass is 10.3. The van der Waals surface area contributed by atoms with Gasteiger partial charge in [0, 0.05) is 0 Å². The number of nitrogens with zero attached hydrogens (tertiary/aromatic N) is 1. The molecule has 0 atom stereocenters. The molecule has 0 bridgehead atoms. The number of rotatable bonds is 4. The van der Waals surface area contributed by atoms with E-state index in [0.29, 0.717) is 11.5 Å². The maximum absolute atomic E-state index is 10.7. The maximum atomic E-state index is 10.7. The number of para-hydroxylation sites is 2. The topological polar surface area (TPSA) is 79.1 Å². The first kappa shape index (κ1) is 11.9. The fourth-order valence-electron chi connectivity index (χ4n) is 1.71. The summed E-state index contributed by atoms with van der Waals surface area (Å²) in [5.74, 6) is 0.0515. The molecule has 0 saturated heterocycles. The van der Waals surface area contributed by atoms with Crippen LogP contribution in [0.5, 0.6) is 0 Å². The summed E-state index contributed by atoms with van der Waals surface area (Å²) in [5.41, 5.74) is 1.89. The van der Waals surface area contributed by atoms with E-state index in [-0.39, 0.29) is 5.76 Å². The number of carboxylic acids is 1. The van der Waals surface area contributed by atoms with Gasteiger partial charge in [-0.05, 0) is 24.3 Å². The van der Waals surface area contributed by atoms with Crippen molar-refractivity contribution >= 4 is 28.8 Å². The Morgan fingerprint density at radius 2 is 2.16 bits per heavy atom. The van der Waals surface area contributed by atoms with Gasteiger partial charge in [0.1, 0.15) is 5.76 Å². The second kappa shape index (κ2) is 4.81. The highest BCUT2D eigenvalue weighted by atomic mass is 32.2. The number of benzene rings is 1. The molecular formula is C13H10N2O3S. The number of aromatic carboxylic acids is 1. The monoisotopic (exact) mass is 274 g/mol. The van der Waals surface area contributed by atoms with E-state index in [4.69, 9.17) is 9.52 Å². The van der Waals surface area contributed by atoms with Crippen LogP contribution in [0.25, 0.3) is 11.0 Å². The van der Waals surface area contributed by atoms with E-state index < -0.39 is 5.97 Å². The Morgan fingerprint density at radius 1 is 1.32 bits per heavy atom. The smallest absolute Gasteiger partial charge is 0.371 e. The number of hydrogen-bond donors (Lipinski definition) is 2. The van der Waals surface area contributed by atoms with Crippen LogP contribution in [0.15, 0.2) is 46.0 Å². The molecule has 0 aliphatic rings. The number of aromatic nitrogens is 2. The minimum absolute atomic E-state index is 0.0415. The molecule has 2 N–H and O–H groups in total. The number of aromatic amines is 1. The van der Waals surface area contributed by atoms with Crippen molar-refractivity contribution in [2.45, 2.75) is 10.9 Å².